The normalized spacial score (nSPS) is 18.2. The van der Waals surface area contributed by atoms with E-state index in [-0.39, 0.29) is 42.0 Å². The first-order valence-corrected chi connectivity index (χ1v) is 12.9. The molecule has 1 aliphatic carbocycles. The Bertz CT molecular complexity index is 1430. The summed E-state index contributed by atoms with van der Waals surface area (Å²) in [6, 6.07) is 6.47. The van der Waals surface area contributed by atoms with Crippen LogP contribution in [-0.2, 0) is 22.6 Å². The highest BCUT2D eigenvalue weighted by Crippen LogP contribution is 2.19. The molecule has 0 radical (unpaired) electrons. The first-order chi connectivity index (χ1) is 17.9. The lowest BCUT2D eigenvalue weighted by Gasteiger charge is -2.23. The zero-order valence-electron chi connectivity index (χ0n) is 20.9. The van der Waals surface area contributed by atoms with Gasteiger partial charge >= 0.3 is 5.69 Å². The Labute approximate surface area is 213 Å². The highest BCUT2D eigenvalue weighted by Gasteiger charge is 2.23. The molecule has 2 aliphatic rings. The summed E-state index contributed by atoms with van der Waals surface area (Å²) in [6.07, 6.45) is 6.59. The zero-order valence-corrected chi connectivity index (χ0v) is 20.9. The summed E-state index contributed by atoms with van der Waals surface area (Å²) >= 11 is 0. The van der Waals surface area contributed by atoms with E-state index in [0.29, 0.717) is 18.0 Å². The smallest absolute Gasteiger partial charge is 0.332 e. The van der Waals surface area contributed by atoms with Gasteiger partial charge in [-0.25, -0.2) is 4.79 Å². The molecule has 196 valence electrons. The number of amides is 2. The quantitative estimate of drug-likeness (QED) is 0.446. The fourth-order valence-electron chi connectivity index (χ4n) is 5.19. The van der Waals surface area contributed by atoms with Crippen LogP contribution < -0.4 is 21.9 Å². The summed E-state index contributed by atoms with van der Waals surface area (Å²) in [4.78, 5) is 52.8. The molecule has 1 atom stereocenters. The Hall–Kier alpha value is -3.73. The van der Waals surface area contributed by atoms with Gasteiger partial charge in [-0.15, -0.1) is 0 Å². The lowest BCUT2D eigenvalue weighted by molar-refractivity contribution is -0.116. The second-order valence-electron chi connectivity index (χ2n) is 9.94. The number of carbonyl (C=O) groups is 2. The monoisotopic (exact) mass is 508 g/mol. The van der Waals surface area contributed by atoms with Crippen LogP contribution in [-0.4, -0.2) is 49.9 Å². The number of benzene rings is 1. The predicted molar refractivity (Wildman–Crippen MR) is 138 cm³/mol. The largest absolute Gasteiger partial charge is 0.376 e. The molecule has 2 aromatic heterocycles. The maximum Gasteiger partial charge on any atom is 0.332 e. The number of hydrogen-bond donors (Lipinski definition) is 3. The Kier molecular flexibility index (Phi) is 7.22. The molecule has 3 N–H and O–H groups in total. The van der Waals surface area contributed by atoms with Crippen LogP contribution in [0.3, 0.4) is 0 Å². The summed E-state index contributed by atoms with van der Waals surface area (Å²) in [5.74, 6) is -0.401. The van der Waals surface area contributed by atoms with Gasteiger partial charge in [-0.05, 0) is 50.8 Å². The molecular weight excluding hydrogens is 476 g/mol. The summed E-state index contributed by atoms with van der Waals surface area (Å²) in [5.41, 5.74) is 0.270. The molecule has 1 saturated carbocycles. The van der Waals surface area contributed by atoms with Gasteiger partial charge < -0.3 is 15.4 Å². The molecule has 11 heteroatoms. The zero-order chi connectivity index (χ0) is 25.9. The van der Waals surface area contributed by atoms with E-state index in [1.54, 1.807) is 18.2 Å². The van der Waals surface area contributed by atoms with E-state index in [9.17, 15) is 19.2 Å². The lowest BCUT2D eigenvalue weighted by atomic mass is 9.95. The Morgan fingerprint density at radius 2 is 1.89 bits per heavy atom. The van der Waals surface area contributed by atoms with E-state index >= 15 is 0 Å². The van der Waals surface area contributed by atoms with Crippen molar-refractivity contribution >= 4 is 28.5 Å². The number of aromatic nitrogens is 4. The molecule has 3 heterocycles. The van der Waals surface area contributed by atoms with Gasteiger partial charge in [0.25, 0.3) is 11.5 Å². The molecule has 11 nitrogen and oxygen atoms in total. The summed E-state index contributed by atoms with van der Waals surface area (Å²) in [6.45, 7) is 2.16. The number of fused-ring (bicyclic) bond motifs is 1. The number of aromatic amines is 1. The fraction of sp³-hybridized carbons (Fsp3) is 0.500. The topological polar surface area (TPSA) is 140 Å². The first kappa shape index (κ1) is 24.9. The van der Waals surface area contributed by atoms with Crippen molar-refractivity contribution in [2.45, 2.75) is 77.1 Å². The standard InChI is InChI=1S/C26H32N6O5/c1-16-12-22(30-29-16)28-23(33)15-31-21-13-17(24(34)27-18-6-3-2-4-7-18)9-10-20(21)25(35)32(26(31)36)14-19-8-5-11-37-19/h9-10,12-13,18-19H,2-8,11,14-15H2,1H3,(H,27,34)(H2,28,29,30,33)/t19-/m1/s1. The molecule has 0 spiro atoms. The van der Waals surface area contributed by atoms with Crippen molar-refractivity contribution in [3.8, 4) is 0 Å². The van der Waals surface area contributed by atoms with Gasteiger partial charge in [0.2, 0.25) is 5.91 Å². The molecule has 1 aromatic carbocycles. The van der Waals surface area contributed by atoms with E-state index in [1.165, 1.54) is 17.1 Å². The average Bonchev–Trinajstić information content (AvgIpc) is 3.56. The van der Waals surface area contributed by atoms with E-state index in [2.05, 4.69) is 20.8 Å². The van der Waals surface area contributed by atoms with Crippen LogP contribution in [0.5, 0.6) is 0 Å². The predicted octanol–water partition coefficient (Wildman–Crippen LogP) is 2.07. The average molecular weight is 509 g/mol. The minimum Gasteiger partial charge on any atom is -0.376 e. The number of aryl methyl sites for hydroxylation is 1. The van der Waals surface area contributed by atoms with E-state index in [4.69, 9.17) is 4.74 Å². The van der Waals surface area contributed by atoms with Gasteiger partial charge in [-0.2, -0.15) is 5.10 Å². The highest BCUT2D eigenvalue weighted by molar-refractivity contribution is 5.98. The number of hydrogen-bond acceptors (Lipinski definition) is 6. The maximum absolute atomic E-state index is 13.5. The SMILES string of the molecule is Cc1cc(NC(=O)Cn2c(=O)n(C[C@H]3CCCO3)c(=O)c3ccc(C(=O)NC4CCCCC4)cc32)n[nH]1. The fourth-order valence-corrected chi connectivity index (χ4v) is 5.19. The Balaban J connectivity index is 1.51. The van der Waals surface area contributed by atoms with E-state index in [1.807, 2.05) is 6.92 Å². The molecule has 0 unspecified atom stereocenters. The minimum absolute atomic E-state index is 0.109. The molecule has 1 aliphatic heterocycles. The molecule has 1 saturated heterocycles. The van der Waals surface area contributed by atoms with Crippen LogP contribution in [0.4, 0.5) is 5.82 Å². The number of nitrogens with zero attached hydrogens (tertiary/aromatic N) is 3. The molecule has 5 rings (SSSR count). The van der Waals surface area contributed by atoms with Crippen LogP contribution in [0.15, 0.2) is 33.9 Å². The summed E-state index contributed by atoms with van der Waals surface area (Å²) in [5, 5.41) is 12.8. The Morgan fingerprint density at radius 1 is 1.08 bits per heavy atom. The third kappa shape index (κ3) is 5.51. The van der Waals surface area contributed by atoms with Crippen LogP contribution in [0.1, 0.15) is 61.0 Å². The number of nitrogens with one attached hydrogen (secondary N) is 3. The molecule has 2 fully saturated rings. The second-order valence-corrected chi connectivity index (χ2v) is 9.94. The number of carbonyl (C=O) groups excluding carboxylic acids is 2. The number of anilines is 1. The summed E-state index contributed by atoms with van der Waals surface area (Å²) < 4.78 is 8.03. The molecular formula is C26H32N6O5. The number of H-pyrrole nitrogens is 1. The maximum atomic E-state index is 13.5. The van der Waals surface area contributed by atoms with Crippen LogP contribution >= 0.6 is 0 Å². The van der Waals surface area contributed by atoms with E-state index in [0.717, 1.165) is 48.8 Å². The Morgan fingerprint density at radius 3 is 2.59 bits per heavy atom. The van der Waals surface area contributed by atoms with Crippen molar-refractivity contribution < 1.29 is 14.3 Å². The van der Waals surface area contributed by atoms with Gasteiger partial charge in [0.05, 0.1) is 23.6 Å². The van der Waals surface area contributed by atoms with Gasteiger partial charge in [-0.3, -0.25) is 28.6 Å². The van der Waals surface area contributed by atoms with Gasteiger partial charge in [0.1, 0.15) is 6.54 Å². The lowest BCUT2D eigenvalue weighted by Crippen LogP contribution is -2.44. The molecule has 3 aromatic rings. The summed E-state index contributed by atoms with van der Waals surface area (Å²) in [7, 11) is 0. The van der Waals surface area contributed by atoms with Crippen molar-refractivity contribution in [1.29, 1.82) is 0 Å². The van der Waals surface area contributed by atoms with Gasteiger partial charge in [0, 0.05) is 30.0 Å². The van der Waals surface area contributed by atoms with Crippen molar-refractivity contribution in [3.05, 3.63) is 56.4 Å². The highest BCUT2D eigenvalue weighted by atomic mass is 16.5. The van der Waals surface area contributed by atoms with E-state index < -0.39 is 17.2 Å². The van der Waals surface area contributed by atoms with Gasteiger partial charge in [0.15, 0.2) is 5.82 Å². The minimum atomic E-state index is -0.619. The van der Waals surface area contributed by atoms with Crippen molar-refractivity contribution in [2.75, 3.05) is 11.9 Å². The number of rotatable bonds is 7. The first-order valence-electron chi connectivity index (χ1n) is 12.9. The van der Waals surface area contributed by atoms with Crippen molar-refractivity contribution in [2.24, 2.45) is 0 Å². The third-order valence-corrected chi connectivity index (χ3v) is 7.11. The van der Waals surface area contributed by atoms with Crippen LogP contribution in [0.25, 0.3) is 10.9 Å². The van der Waals surface area contributed by atoms with Crippen molar-refractivity contribution in [3.63, 3.8) is 0 Å². The molecule has 0 bridgehead atoms. The van der Waals surface area contributed by atoms with Crippen molar-refractivity contribution in [1.82, 2.24) is 24.6 Å². The van der Waals surface area contributed by atoms with Gasteiger partial charge in [-0.1, -0.05) is 19.3 Å². The molecule has 2 amide bonds. The van der Waals surface area contributed by atoms with Crippen LogP contribution in [0.2, 0.25) is 0 Å². The second kappa shape index (κ2) is 10.7. The third-order valence-electron chi connectivity index (χ3n) is 7.11. The number of ether oxygens (including phenoxy) is 1. The van der Waals surface area contributed by atoms with Crippen LogP contribution in [0, 0.1) is 6.92 Å². The molecule has 37 heavy (non-hydrogen) atoms.